The molecule has 0 aliphatic rings. The van der Waals surface area contributed by atoms with Gasteiger partial charge in [0.1, 0.15) is 29.2 Å². The largest absolute Gasteiger partial charge is 0.458 e. The summed E-state index contributed by atoms with van der Waals surface area (Å²) in [6.07, 6.45) is 0.193. The van der Waals surface area contributed by atoms with Gasteiger partial charge in [0, 0.05) is 19.0 Å². The van der Waals surface area contributed by atoms with E-state index in [2.05, 4.69) is 10.6 Å². The van der Waals surface area contributed by atoms with Crippen LogP contribution in [0.3, 0.4) is 0 Å². The predicted molar refractivity (Wildman–Crippen MR) is 115 cm³/mol. The highest BCUT2D eigenvalue weighted by molar-refractivity contribution is 6.01. The third kappa shape index (κ3) is 8.09. The molecule has 2 aromatic rings. The molecule has 0 aliphatic carbocycles. The van der Waals surface area contributed by atoms with E-state index in [-0.39, 0.29) is 18.5 Å². The Kier molecular flexibility index (Phi) is 8.46. The Labute approximate surface area is 186 Å². The third-order valence-corrected chi connectivity index (χ3v) is 4.47. The van der Waals surface area contributed by atoms with E-state index in [1.54, 1.807) is 20.8 Å². The van der Waals surface area contributed by atoms with Crippen molar-refractivity contribution in [3.05, 3.63) is 71.3 Å². The van der Waals surface area contributed by atoms with E-state index in [0.29, 0.717) is 0 Å². The highest BCUT2D eigenvalue weighted by Crippen LogP contribution is 2.13. The lowest BCUT2D eigenvalue weighted by molar-refractivity contribution is -0.159. The molecule has 0 radical (unpaired) electrons. The molecule has 0 aromatic heterocycles. The zero-order valence-corrected chi connectivity index (χ0v) is 18.6. The number of esters is 1. The lowest BCUT2D eigenvalue weighted by Gasteiger charge is -2.25. The second-order valence-corrected chi connectivity index (χ2v) is 8.50. The van der Waals surface area contributed by atoms with E-state index in [1.165, 1.54) is 6.92 Å². The smallest absolute Gasteiger partial charge is 0.329 e. The van der Waals surface area contributed by atoms with Gasteiger partial charge in [0.25, 0.3) is 0 Å². The van der Waals surface area contributed by atoms with E-state index in [4.69, 9.17) is 4.74 Å². The molecule has 2 aromatic carbocycles. The van der Waals surface area contributed by atoms with Gasteiger partial charge in [0.2, 0.25) is 11.8 Å². The quantitative estimate of drug-likeness (QED) is 0.482. The van der Waals surface area contributed by atoms with E-state index < -0.39 is 47.0 Å². The Balaban J connectivity index is 2.04. The summed E-state index contributed by atoms with van der Waals surface area (Å²) >= 11 is 0. The Bertz CT molecular complexity index is 938. The molecule has 0 fully saturated rings. The van der Waals surface area contributed by atoms with Crippen LogP contribution in [0.2, 0.25) is 0 Å². The summed E-state index contributed by atoms with van der Waals surface area (Å²) in [4.78, 5) is 37.7. The molecular formula is C24H28F2N2O4. The topological polar surface area (TPSA) is 84.5 Å². The van der Waals surface area contributed by atoms with Crippen molar-refractivity contribution < 1.29 is 27.9 Å². The van der Waals surface area contributed by atoms with Crippen LogP contribution in [0, 0.1) is 17.6 Å². The molecule has 0 saturated heterocycles. The van der Waals surface area contributed by atoms with Crippen molar-refractivity contribution >= 4 is 17.8 Å². The van der Waals surface area contributed by atoms with Gasteiger partial charge in [-0.05, 0) is 51.0 Å². The Morgan fingerprint density at radius 3 is 2.09 bits per heavy atom. The number of nitrogens with one attached hydrogen (secondary N) is 2. The number of carbonyl (C=O) groups excluding carboxylic acids is 3. The van der Waals surface area contributed by atoms with Crippen LogP contribution < -0.4 is 10.6 Å². The molecule has 172 valence electrons. The molecule has 8 heteroatoms. The minimum Gasteiger partial charge on any atom is -0.458 e. The van der Waals surface area contributed by atoms with Crippen molar-refractivity contribution in [2.75, 3.05) is 0 Å². The van der Waals surface area contributed by atoms with Crippen molar-refractivity contribution in [1.82, 2.24) is 10.6 Å². The van der Waals surface area contributed by atoms with Crippen LogP contribution >= 0.6 is 0 Å². The summed E-state index contributed by atoms with van der Waals surface area (Å²) in [7, 11) is 0. The number of benzene rings is 2. The molecule has 0 bridgehead atoms. The second kappa shape index (κ2) is 10.8. The van der Waals surface area contributed by atoms with Crippen LogP contribution in [-0.2, 0) is 32.1 Å². The molecule has 2 atom stereocenters. The first-order valence-corrected chi connectivity index (χ1v) is 10.2. The molecule has 0 spiro atoms. The van der Waals surface area contributed by atoms with Gasteiger partial charge in [0.05, 0.1) is 0 Å². The number of hydrogen-bond acceptors (Lipinski definition) is 4. The number of amides is 2. The van der Waals surface area contributed by atoms with E-state index in [0.717, 1.165) is 23.8 Å². The van der Waals surface area contributed by atoms with Crippen LogP contribution in [0.25, 0.3) is 0 Å². The monoisotopic (exact) mass is 446 g/mol. The Morgan fingerprint density at radius 2 is 1.53 bits per heavy atom. The van der Waals surface area contributed by atoms with Gasteiger partial charge >= 0.3 is 5.97 Å². The Hall–Kier alpha value is -3.29. The maximum Gasteiger partial charge on any atom is 0.329 e. The van der Waals surface area contributed by atoms with Crippen molar-refractivity contribution in [3.8, 4) is 0 Å². The summed E-state index contributed by atoms with van der Waals surface area (Å²) in [5, 5.41) is 5.07. The van der Waals surface area contributed by atoms with Gasteiger partial charge in [-0.3, -0.25) is 9.59 Å². The summed E-state index contributed by atoms with van der Waals surface area (Å²) in [5.41, 5.74) is 0.285. The maximum atomic E-state index is 13.3. The van der Waals surface area contributed by atoms with Crippen LogP contribution in [0.1, 0.15) is 38.8 Å². The summed E-state index contributed by atoms with van der Waals surface area (Å²) in [5.74, 6) is -4.59. The van der Waals surface area contributed by atoms with Crippen molar-refractivity contribution in [1.29, 1.82) is 0 Å². The fraction of sp³-hybridized carbons (Fsp3) is 0.375. The number of ether oxygens (including phenoxy) is 1. The summed E-state index contributed by atoms with van der Waals surface area (Å²) in [6, 6.07) is 11.0. The molecular weight excluding hydrogens is 418 g/mol. The molecule has 0 heterocycles. The zero-order valence-electron chi connectivity index (χ0n) is 18.6. The van der Waals surface area contributed by atoms with Gasteiger partial charge < -0.3 is 15.4 Å². The SMILES string of the molecule is CC(C(=O)NCc1cc(F)cc(F)c1)C(=O)N[C@@H](Cc1ccccc1)C(=O)OC(C)(C)C. The van der Waals surface area contributed by atoms with Gasteiger partial charge in [0.15, 0.2) is 0 Å². The first-order chi connectivity index (χ1) is 14.9. The summed E-state index contributed by atoms with van der Waals surface area (Å²) in [6.45, 7) is 6.39. The van der Waals surface area contributed by atoms with Crippen LogP contribution in [0.5, 0.6) is 0 Å². The van der Waals surface area contributed by atoms with Crippen molar-refractivity contribution in [2.24, 2.45) is 5.92 Å². The normalized spacial score (nSPS) is 13.1. The molecule has 32 heavy (non-hydrogen) atoms. The fourth-order valence-electron chi connectivity index (χ4n) is 2.89. The molecule has 1 unspecified atom stereocenters. The van der Waals surface area contributed by atoms with Crippen molar-refractivity contribution in [2.45, 2.75) is 52.3 Å². The average molecular weight is 446 g/mol. The minimum absolute atomic E-state index is 0.148. The molecule has 0 aliphatic heterocycles. The zero-order chi connectivity index (χ0) is 23.9. The van der Waals surface area contributed by atoms with E-state index in [9.17, 15) is 23.2 Å². The predicted octanol–water partition coefficient (Wildman–Crippen LogP) is 3.29. The number of hydrogen-bond donors (Lipinski definition) is 2. The van der Waals surface area contributed by atoms with Crippen LogP contribution in [-0.4, -0.2) is 29.4 Å². The Morgan fingerprint density at radius 1 is 0.938 bits per heavy atom. The number of carbonyl (C=O) groups is 3. The lowest BCUT2D eigenvalue weighted by atomic mass is 10.0. The lowest BCUT2D eigenvalue weighted by Crippen LogP contribution is -2.49. The third-order valence-electron chi connectivity index (χ3n) is 4.47. The molecule has 2 rings (SSSR count). The van der Waals surface area contributed by atoms with E-state index in [1.807, 2.05) is 30.3 Å². The standard InChI is InChI=1S/C24H28F2N2O4/c1-15(21(29)27-14-17-10-18(25)13-19(26)11-17)22(30)28-20(23(31)32-24(2,3)4)12-16-8-6-5-7-9-16/h5-11,13,15,20H,12,14H2,1-4H3,(H,27,29)(H,28,30)/t15?,20-/m0/s1. The number of halogens is 2. The summed E-state index contributed by atoms with van der Waals surface area (Å²) < 4.78 is 32.0. The highest BCUT2D eigenvalue weighted by Gasteiger charge is 2.30. The van der Waals surface area contributed by atoms with Crippen LogP contribution in [0.15, 0.2) is 48.5 Å². The van der Waals surface area contributed by atoms with Gasteiger partial charge in [-0.1, -0.05) is 30.3 Å². The maximum absolute atomic E-state index is 13.3. The first-order valence-electron chi connectivity index (χ1n) is 10.2. The fourth-order valence-corrected chi connectivity index (χ4v) is 2.89. The second-order valence-electron chi connectivity index (χ2n) is 8.50. The molecule has 2 N–H and O–H groups in total. The van der Waals surface area contributed by atoms with Crippen LogP contribution in [0.4, 0.5) is 8.78 Å². The van der Waals surface area contributed by atoms with Gasteiger partial charge in [-0.2, -0.15) is 0 Å². The average Bonchev–Trinajstić information content (AvgIpc) is 2.69. The van der Waals surface area contributed by atoms with Gasteiger partial charge in [-0.25, -0.2) is 13.6 Å². The number of rotatable bonds is 8. The highest BCUT2D eigenvalue weighted by atomic mass is 19.1. The molecule has 6 nitrogen and oxygen atoms in total. The molecule has 0 saturated carbocycles. The first kappa shape index (κ1) is 25.0. The van der Waals surface area contributed by atoms with Crippen molar-refractivity contribution in [3.63, 3.8) is 0 Å². The minimum atomic E-state index is -1.14. The van der Waals surface area contributed by atoms with Gasteiger partial charge in [-0.15, -0.1) is 0 Å². The van der Waals surface area contributed by atoms with E-state index >= 15 is 0 Å². The molecule has 2 amide bonds.